The van der Waals surface area contributed by atoms with Crippen molar-refractivity contribution in [2.45, 2.75) is 44.7 Å². The minimum absolute atomic E-state index is 0.551. The van der Waals surface area contributed by atoms with Crippen LogP contribution in [0, 0.1) is 0 Å². The van der Waals surface area contributed by atoms with Crippen molar-refractivity contribution >= 4 is 16.5 Å². The largest absolute Gasteiger partial charge is 0.348 e. The van der Waals surface area contributed by atoms with Crippen LogP contribution in [0.5, 0.6) is 0 Å². The maximum Gasteiger partial charge on any atom is 0.185 e. The number of anilines is 1. The van der Waals surface area contributed by atoms with Gasteiger partial charge in [0.1, 0.15) is 0 Å². The number of nitrogens with zero attached hydrogens (tertiary/aromatic N) is 2. The lowest BCUT2D eigenvalue weighted by Crippen LogP contribution is -2.33. The van der Waals surface area contributed by atoms with E-state index in [0.717, 1.165) is 10.8 Å². The summed E-state index contributed by atoms with van der Waals surface area (Å²) >= 11 is 1.71. The van der Waals surface area contributed by atoms with Gasteiger partial charge in [-0.2, -0.15) is 0 Å². The van der Waals surface area contributed by atoms with Gasteiger partial charge in [0.2, 0.25) is 0 Å². The molecule has 2 rings (SSSR count). The van der Waals surface area contributed by atoms with Gasteiger partial charge in [-0.05, 0) is 12.8 Å². The molecular weight excluding hydrogens is 206 g/mol. The lowest BCUT2D eigenvalue weighted by molar-refractivity contribution is 0.427. The summed E-state index contributed by atoms with van der Waals surface area (Å²) < 4.78 is 0. The molecule has 0 bridgehead atoms. The van der Waals surface area contributed by atoms with Crippen LogP contribution in [0.25, 0.3) is 0 Å². The molecule has 4 heteroatoms. The first kappa shape index (κ1) is 10.9. The molecule has 3 nitrogen and oxygen atoms in total. The number of hydrogen-bond donors (Lipinski definition) is 1. The average Bonchev–Trinajstić information content (AvgIpc) is 2.78. The predicted octanol–water partition coefficient (Wildman–Crippen LogP) is 2.37. The van der Waals surface area contributed by atoms with Crippen LogP contribution in [0.4, 0.5) is 5.13 Å². The Bertz CT molecular complexity index is 305. The second kappa shape index (κ2) is 4.94. The Hall–Kier alpha value is -0.610. The Morgan fingerprint density at radius 3 is 2.80 bits per heavy atom. The van der Waals surface area contributed by atoms with Crippen LogP contribution < -0.4 is 10.6 Å². The van der Waals surface area contributed by atoms with Gasteiger partial charge in [-0.3, -0.25) is 0 Å². The minimum atomic E-state index is 0.551. The van der Waals surface area contributed by atoms with E-state index in [9.17, 15) is 0 Å². The van der Waals surface area contributed by atoms with Gasteiger partial charge in [0.25, 0.3) is 0 Å². The third-order valence-corrected chi connectivity index (χ3v) is 4.15. The zero-order valence-electron chi connectivity index (χ0n) is 9.28. The third kappa shape index (κ3) is 2.49. The Kier molecular flexibility index (Phi) is 3.59. The second-order valence-corrected chi connectivity index (χ2v) is 5.06. The van der Waals surface area contributed by atoms with Crippen molar-refractivity contribution in [3.63, 3.8) is 0 Å². The van der Waals surface area contributed by atoms with E-state index in [1.54, 1.807) is 11.3 Å². The first-order chi connectivity index (χ1) is 7.31. The smallest absolute Gasteiger partial charge is 0.185 e. The Balaban J connectivity index is 2.02. The molecule has 1 aliphatic carbocycles. The number of rotatable bonds is 3. The summed E-state index contributed by atoms with van der Waals surface area (Å²) in [5.74, 6) is 0. The number of hydrogen-bond acceptors (Lipinski definition) is 4. The molecule has 1 aromatic heterocycles. The Labute approximate surface area is 95.3 Å². The number of thiazole rings is 1. The summed E-state index contributed by atoms with van der Waals surface area (Å²) in [5, 5.41) is 3.19. The van der Waals surface area contributed by atoms with Gasteiger partial charge in [-0.15, -0.1) is 11.3 Å². The zero-order valence-corrected chi connectivity index (χ0v) is 10.1. The van der Waals surface area contributed by atoms with E-state index in [0.29, 0.717) is 12.6 Å². The monoisotopic (exact) mass is 225 g/mol. The van der Waals surface area contributed by atoms with E-state index in [4.69, 9.17) is 5.73 Å². The first-order valence-electron chi connectivity index (χ1n) is 5.68. The van der Waals surface area contributed by atoms with E-state index in [2.05, 4.69) is 22.3 Å². The van der Waals surface area contributed by atoms with Crippen molar-refractivity contribution in [2.24, 2.45) is 5.73 Å². The molecule has 0 amide bonds. The van der Waals surface area contributed by atoms with E-state index in [1.165, 1.54) is 32.1 Å². The summed E-state index contributed by atoms with van der Waals surface area (Å²) in [4.78, 5) is 6.86. The van der Waals surface area contributed by atoms with Crippen molar-refractivity contribution < 1.29 is 0 Å². The highest BCUT2D eigenvalue weighted by Crippen LogP contribution is 2.28. The van der Waals surface area contributed by atoms with Gasteiger partial charge in [-0.1, -0.05) is 19.3 Å². The summed E-state index contributed by atoms with van der Waals surface area (Å²) in [6, 6.07) is 0.690. The van der Waals surface area contributed by atoms with Crippen LogP contribution in [-0.2, 0) is 6.54 Å². The molecule has 0 saturated heterocycles. The van der Waals surface area contributed by atoms with Crippen LogP contribution in [0.15, 0.2) is 5.38 Å². The maximum absolute atomic E-state index is 5.57. The first-order valence-corrected chi connectivity index (χ1v) is 6.56. The lowest BCUT2D eigenvalue weighted by Gasteiger charge is -2.30. The lowest BCUT2D eigenvalue weighted by atomic mass is 9.95. The summed E-state index contributed by atoms with van der Waals surface area (Å²) in [7, 11) is 2.16. The van der Waals surface area contributed by atoms with Crippen LogP contribution in [0.3, 0.4) is 0 Å². The molecule has 1 aromatic rings. The van der Waals surface area contributed by atoms with Crippen molar-refractivity contribution in [1.29, 1.82) is 0 Å². The fraction of sp³-hybridized carbons (Fsp3) is 0.727. The summed E-state index contributed by atoms with van der Waals surface area (Å²) in [6.45, 7) is 0.551. The molecule has 1 saturated carbocycles. The molecule has 84 valence electrons. The van der Waals surface area contributed by atoms with Gasteiger partial charge in [0.05, 0.1) is 5.69 Å². The van der Waals surface area contributed by atoms with Gasteiger partial charge >= 0.3 is 0 Å². The molecule has 0 aliphatic heterocycles. The number of nitrogens with two attached hydrogens (primary N) is 1. The SMILES string of the molecule is CN(c1nc(CN)cs1)C1CCCCC1. The molecular formula is C11H19N3S. The second-order valence-electron chi connectivity index (χ2n) is 4.23. The molecule has 15 heavy (non-hydrogen) atoms. The Morgan fingerprint density at radius 2 is 2.20 bits per heavy atom. The highest BCUT2D eigenvalue weighted by Gasteiger charge is 2.19. The van der Waals surface area contributed by atoms with Crippen LogP contribution >= 0.6 is 11.3 Å². The topological polar surface area (TPSA) is 42.2 Å². The van der Waals surface area contributed by atoms with Gasteiger partial charge < -0.3 is 10.6 Å². The third-order valence-electron chi connectivity index (χ3n) is 3.17. The standard InChI is InChI=1S/C11H19N3S/c1-14(10-5-3-2-4-6-10)11-13-9(7-12)8-15-11/h8,10H,2-7,12H2,1H3. The highest BCUT2D eigenvalue weighted by molar-refractivity contribution is 7.13. The van der Waals surface area contributed by atoms with Crippen LogP contribution in [0.2, 0.25) is 0 Å². The van der Waals surface area contributed by atoms with Gasteiger partial charge in [0.15, 0.2) is 5.13 Å². The average molecular weight is 225 g/mol. The molecule has 0 unspecified atom stereocenters. The van der Waals surface area contributed by atoms with Crippen molar-refractivity contribution in [2.75, 3.05) is 11.9 Å². The van der Waals surface area contributed by atoms with Crippen LogP contribution in [-0.4, -0.2) is 18.1 Å². The van der Waals surface area contributed by atoms with E-state index >= 15 is 0 Å². The molecule has 1 heterocycles. The van der Waals surface area contributed by atoms with Gasteiger partial charge in [0, 0.05) is 25.0 Å². The summed E-state index contributed by atoms with van der Waals surface area (Å²) in [6.07, 6.45) is 6.76. The van der Waals surface area contributed by atoms with E-state index < -0.39 is 0 Å². The van der Waals surface area contributed by atoms with E-state index in [1.807, 2.05) is 0 Å². The molecule has 0 atom stereocenters. The molecule has 0 radical (unpaired) electrons. The fourth-order valence-corrected chi connectivity index (χ4v) is 3.05. The molecule has 1 fully saturated rings. The normalized spacial score (nSPS) is 18.0. The maximum atomic E-state index is 5.57. The quantitative estimate of drug-likeness (QED) is 0.858. The minimum Gasteiger partial charge on any atom is -0.348 e. The van der Waals surface area contributed by atoms with E-state index in [-0.39, 0.29) is 0 Å². The molecule has 1 aliphatic rings. The highest BCUT2D eigenvalue weighted by atomic mass is 32.1. The van der Waals surface area contributed by atoms with Crippen molar-refractivity contribution in [3.05, 3.63) is 11.1 Å². The Morgan fingerprint density at radius 1 is 1.47 bits per heavy atom. The molecule has 0 spiro atoms. The van der Waals surface area contributed by atoms with Crippen molar-refractivity contribution in [3.8, 4) is 0 Å². The number of aromatic nitrogens is 1. The predicted molar refractivity (Wildman–Crippen MR) is 65.3 cm³/mol. The zero-order chi connectivity index (χ0) is 10.7. The van der Waals surface area contributed by atoms with Crippen molar-refractivity contribution in [1.82, 2.24) is 4.98 Å². The van der Waals surface area contributed by atoms with Gasteiger partial charge in [-0.25, -0.2) is 4.98 Å². The fourth-order valence-electron chi connectivity index (χ4n) is 2.18. The summed E-state index contributed by atoms with van der Waals surface area (Å²) in [5.41, 5.74) is 6.58. The molecule has 0 aromatic carbocycles. The van der Waals surface area contributed by atoms with Crippen LogP contribution in [0.1, 0.15) is 37.8 Å². The molecule has 2 N–H and O–H groups in total.